The number of likely N-dealkylation sites (N-methyl/N-ethyl adjacent to an activating group) is 1. The lowest BCUT2D eigenvalue weighted by atomic mass is 10.2. The van der Waals surface area contributed by atoms with E-state index < -0.39 is 0 Å². The summed E-state index contributed by atoms with van der Waals surface area (Å²) in [6.07, 6.45) is 2.31. The first-order valence-corrected chi connectivity index (χ1v) is 8.82. The molecule has 0 unspecified atom stereocenters. The molecule has 21 heavy (non-hydrogen) atoms. The van der Waals surface area contributed by atoms with Crippen molar-refractivity contribution < 1.29 is 4.74 Å². The van der Waals surface area contributed by atoms with Gasteiger partial charge in [0.2, 0.25) is 0 Å². The highest BCUT2D eigenvalue weighted by atomic mass is 32.1. The fourth-order valence-electron chi connectivity index (χ4n) is 2.57. The van der Waals surface area contributed by atoms with Crippen molar-refractivity contribution in [1.29, 1.82) is 0 Å². The zero-order valence-electron chi connectivity index (χ0n) is 13.5. The molecule has 0 radical (unpaired) electrons. The van der Waals surface area contributed by atoms with Crippen LogP contribution >= 0.6 is 11.3 Å². The van der Waals surface area contributed by atoms with Crippen molar-refractivity contribution in [1.82, 2.24) is 15.2 Å². The quantitative estimate of drug-likeness (QED) is 0.793. The highest BCUT2D eigenvalue weighted by Crippen LogP contribution is 2.22. The number of aromatic nitrogens is 1. The molecule has 5 nitrogen and oxygen atoms in total. The molecular formula is C15H28N4OS. The number of thiazole rings is 1. The van der Waals surface area contributed by atoms with Gasteiger partial charge in [0, 0.05) is 50.3 Å². The number of ether oxygens (including phenoxy) is 1. The Labute approximate surface area is 132 Å². The van der Waals surface area contributed by atoms with Gasteiger partial charge in [0.05, 0.1) is 12.7 Å². The predicted molar refractivity (Wildman–Crippen MR) is 89.2 cm³/mol. The van der Waals surface area contributed by atoms with Crippen LogP contribution in [0.25, 0.3) is 0 Å². The summed E-state index contributed by atoms with van der Waals surface area (Å²) in [6.45, 7) is 14.4. The minimum absolute atomic E-state index is 0.314. The summed E-state index contributed by atoms with van der Waals surface area (Å²) in [7, 11) is 0. The number of anilines is 1. The molecule has 0 aliphatic carbocycles. The number of rotatable bonds is 8. The second-order valence-electron chi connectivity index (χ2n) is 5.30. The SMILES string of the molecule is CCN1CCO[C@H](CNCc2cnc(N(CC)CC)s2)C1. The van der Waals surface area contributed by atoms with Gasteiger partial charge in [-0.1, -0.05) is 6.92 Å². The zero-order valence-corrected chi connectivity index (χ0v) is 14.3. The van der Waals surface area contributed by atoms with Crippen LogP contribution in [0.4, 0.5) is 5.13 Å². The van der Waals surface area contributed by atoms with Gasteiger partial charge in [-0.15, -0.1) is 11.3 Å². The predicted octanol–water partition coefficient (Wildman–Crippen LogP) is 1.80. The second-order valence-corrected chi connectivity index (χ2v) is 6.39. The van der Waals surface area contributed by atoms with Crippen LogP contribution in [0.1, 0.15) is 25.6 Å². The van der Waals surface area contributed by atoms with Crippen LogP contribution in [0.3, 0.4) is 0 Å². The average molecular weight is 312 g/mol. The van der Waals surface area contributed by atoms with E-state index >= 15 is 0 Å². The Kier molecular flexibility index (Phi) is 6.89. The fourth-order valence-corrected chi connectivity index (χ4v) is 3.57. The van der Waals surface area contributed by atoms with Gasteiger partial charge in [-0.3, -0.25) is 4.90 Å². The molecule has 1 saturated heterocycles. The van der Waals surface area contributed by atoms with Crippen molar-refractivity contribution in [2.24, 2.45) is 0 Å². The maximum Gasteiger partial charge on any atom is 0.185 e. The molecule has 1 atom stereocenters. The van der Waals surface area contributed by atoms with Gasteiger partial charge < -0.3 is 15.0 Å². The van der Waals surface area contributed by atoms with Gasteiger partial charge in [0.25, 0.3) is 0 Å². The molecule has 0 spiro atoms. The van der Waals surface area contributed by atoms with Crippen LogP contribution in [0, 0.1) is 0 Å². The van der Waals surface area contributed by atoms with Crippen LogP contribution < -0.4 is 10.2 Å². The largest absolute Gasteiger partial charge is 0.374 e. The van der Waals surface area contributed by atoms with Gasteiger partial charge in [-0.2, -0.15) is 0 Å². The summed E-state index contributed by atoms with van der Waals surface area (Å²) in [5.74, 6) is 0. The topological polar surface area (TPSA) is 40.6 Å². The average Bonchev–Trinajstić information content (AvgIpc) is 2.97. The van der Waals surface area contributed by atoms with E-state index in [0.29, 0.717) is 6.10 Å². The van der Waals surface area contributed by atoms with Crippen LogP contribution in [0.5, 0.6) is 0 Å². The standard InChI is InChI=1S/C15H28N4OS/c1-4-18-7-8-20-13(12-18)9-16-10-14-11-17-15(21-14)19(5-2)6-3/h11,13,16H,4-10,12H2,1-3H3/t13-/m1/s1. The molecule has 1 aromatic rings. The molecule has 0 bridgehead atoms. The summed E-state index contributed by atoms with van der Waals surface area (Å²) in [6, 6.07) is 0. The van der Waals surface area contributed by atoms with Gasteiger partial charge in [0.1, 0.15) is 0 Å². The summed E-state index contributed by atoms with van der Waals surface area (Å²) in [4.78, 5) is 10.5. The van der Waals surface area contributed by atoms with Gasteiger partial charge in [0.15, 0.2) is 5.13 Å². The minimum atomic E-state index is 0.314. The van der Waals surface area contributed by atoms with E-state index in [1.165, 1.54) is 4.88 Å². The first-order chi connectivity index (χ1) is 10.3. The monoisotopic (exact) mass is 312 g/mol. The van der Waals surface area contributed by atoms with Gasteiger partial charge in [-0.25, -0.2) is 4.98 Å². The molecule has 0 amide bonds. The molecule has 1 aliphatic heterocycles. The van der Waals surface area contributed by atoms with E-state index in [2.05, 4.69) is 40.9 Å². The Morgan fingerprint density at radius 3 is 2.95 bits per heavy atom. The normalized spacial score (nSPS) is 19.9. The van der Waals surface area contributed by atoms with Crippen LogP contribution in [-0.4, -0.2) is 61.9 Å². The molecule has 2 rings (SSSR count). The van der Waals surface area contributed by atoms with Crippen molar-refractivity contribution >= 4 is 16.5 Å². The first kappa shape index (κ1) is 16.7. The number of hydrogen-bond donors (Lipinski definition) is 1. The maximum absolute atomic E-state index is 5.80. The molecule has 2 heterocycles. The molecule has 1 N–H and O–H groups in total. The molecule has 0 saturated carbocycles. The molecule has 1 aliphatic rings. The van der Waals surface area contributed by atoms with Crippen LogP contribution in [0.2, 0.25) is 0 Å². The van der Waals surface area contributed by atoms with Crippen molar-refractivity contribution in [3.63, 3.8) is 0 Å². The van der Waals surface area contributed by atoms with Crippen LogP contribution in [0.15, 0.2) is 6.20 Å². The smallest absolute Gasteiger partial charge is 0.185 e. The summed E-state index contributed by atoms with van der Waals surface area (Å²) >= 11 is 1.78. The van der Waals surface area contributed by atoms with E-state index in [-0.39, 0.29) is 0 Å². The lowest BCUT2D eigenvalue weighted by Crippen LogP contribution is -2.46. The van der Waals surface area contributed by atoms with Crippen LogP contribution in [-0.2, 0) is 11.3 Å². The van der Waals surface area contributed by atoms with Gasteiger partial charge in [-0.05, 0) is 20.4 Å². The van der Waals surface area contributed by atoms with E-state index in [4.69, 9.17) is 4.74 Å². The molecule has 1 aromatic heterocycles. The fraction of sp³-hybridized carbons (Fsp3) is 0.800. The van der Waals surface area contributed by atoms with E-state index in [1.54, 1.807) is 11.3 Å². The first-order valence-electron chi connectivity index (χ1n) is 8.01. The Bertz CT molecular complexity index is 408. The highest BCUT2D eigenvalue weighted by molar-refractivity contribution is 7.15. The summed E-state index contributed by atoms with van der Waals surface area (Å²) in [5.41, 5.74) is 0. The second kappa shape index (κ2) is 8.68. The van der Waals surface area contributed by atoms with Gasteiger partial charge >= 0.3 is 0 Å². The van der Waals surface area contributed by atoms with Crippen molar-refractivity contribution in [3.05, 3.63) is 11.1 Å². The number of morpholine rings is 1. The molecule has 0 aromatic carbocycles. The van der Waals surface area contributed by atoms with Crippen molar-refractivity contribution in [3.8, 4) is 0 Å². The Hall–Kier alpha value is -0.690. The molecule has 120 valence electrons. The zero-order chi connectivity index (χ0) is 15.1. The van der Waals surface area contributed by atoms with Crippen molar-refractivity contribution in [2.45, 2.75) is 33.4 Å². The molecular weight excluding hydrogens is 284 g/mol. The third-order valence-corrected chi connectivity index (χ3v) is 4.97. The molecule has 6 heteroatoms. The highest BCUT2D eigenvalue weighted by Gasteiger charge is 2.18. The summed E-state index contributed by atoms with van der Waals surface area (Å²) in [5, 5.41) is 4.63. The minimum Gasteiger partial charge on any atom is -0.374 e. The third kappa shape index (κ3) is 4.92. The number of hydrogen-bond acceptors (Lipinski definition) is 6. The maximum atomic E-state index is 5.80. The Balaban J connectivity index is 1.73. The third-order valence-electron chi connectivity index (χ3n) is 3.92. The number of nitrogens with zero attached hydrogens (tertiary/aromatic N) is 3. The number of nitrogens with one attached hydrogen (secondary N) is 1. The lowest BCUT2D eigenvalue weighted by molar-refractivity contribution is -0.0253. The summed E-state index contributed by atoms with van der Waals surface area (Å²) < 4.78 is 5.80. The molecule has 1 fully saturated rings. The lowest BCUT2D eigenvalue weighted by Gasteiger charge is -2.32. The van der Waals surface area contributed by atoms with E-state index in [0.717, 1.165) is 57.6 Å². The van der Waals surface area contributed by atoms with Crippen molar-refractivity contribution in [2.75, 3.05) is 50.8 Å². The Morgan fingerprint density at radius 1 is 1.43 bits per heavy atom. The van der Waals surface area contributed by atoms with E-state index in [9.17, 15) is 0 Å². The Morgan fingerprint density at radius 2 is 2.24 bits per heavy atom. The van der Waals surface area contributed by atoms with E-state index in [1.807, 2.05) is 6.20 Å².